The highest BCUT2D eigenvalue weighted by Gasteiger charge is 2.24. The predicted molar refractivity (Wildman–Crippen MR) is 97.7 cm³/mol. The maximum Gasteiger partial charge on any atom is 0.419 e. The standard InChI is InChI=1S/C19H22BrNO2/c1-19(2,3)23-18(22)21-16-10-9-15(20)11-14(16)12-17(21)13-7-5-4-6-8-13/h7,9-12H,4-6,8H2,1-3H3. The number of aromatic nitrogens is 1. The van der Waals surface area contributed by atoms with E-state index in [0.717, 1.165) is 33.9 Å². The van der Waals surface area contributed by atoms with Gasteiger partial charge in [0.2, 0.25) is 0 Å². The van der Waals surface area contributed by atoms with Crippen molar-refractivity contribution in [3.05, 3.63) is 40.5 Å². The largest absolute Gasteiger partial charge is 0.443 e. The highest BCUT2D eigenvalue weighted by Crippen LogP contribution is 2.33. The Morgan fingerprint density at radius 1 is 1.22 bits per heavy atom. The van der Waals surface area contributed by atoms with Crippen molar-refractivity contribution in [3.8, 4) is 0 Å². The molecule has 1 heterocycles. The van der Waals surface area contributed by atoms with Crippen LogP contribution in [0, 0.1) is 0 Å². The molecular weight excluding hydrogens is 354 g/mol. The third-order valence-electron chi connectivity index (χ3n) is 3.96. The van der Waals surface area contributed by atoms with Gasteiger partial charge in [-0.05, 0) is 76.3 Å². The summed E-state index contributed by atoms with van der Waals surface area (Å²) in [5, 5.41) is 1.05. The van der Waals surface area contributed by atoms with E-state index >= 15 is 0 Å². The van der Waals surface area contributed by atoms with Gasteiger partial charge < -0.3 is 4.74 Å². The second kappa shape index (κ2) is 6.16. The zero-order chi connectivity index (χ0) is 16.6. The summed E-state index contributed by atoms with van der Waals surface area (Å²) < 4.78 is 8.37. The molecule has 3 nitrogen and oxygen atoms in total. The van der Waals surface area contributed by atoms with E-state index < -0.39 is 5.60 Å². The molecule has 0 saturated heterocycles. The van der Waals surface area contributed by atoms with Crippen LogP contribution >= 0.6 is 15.9 Å². The van der Waals surface area contributed by atoms with Crippen LogP contribution in [0.2, 0.25) is 0 Å². The Bertz CT molecular complexity index is 780. The summed E-state index contributed by atoms with van der Waals surface area (Å²) in [6.07, 6.45) is 6.44. The summed E-state index contributed by atoms with van der Waals surface area (Å²) >= 11 is 3.51. The van der Waals surface area contributed by atoms with Crippen molar-refractivity contribution in [2.75, 3.05) is 0 Å². The number of halogens is 1. The van der Waals surface area contributed by atoms with E-state index in [0.29, 0.717) is 0 Å². The Morgan fingerprint density at radius 2 is 2.00 bits per heavy atom. The number of allylic oxidation sites excluding steroid dienone is 2. The lowest BCUT2D eigenvalue weighted by atomic mass is 9.97. The molecule has 0 unspecified atom stereocenters. The molecule has 1 aliphatic rings. The fourth-order valence-electron chi connectivity index (χ4n) is 3.00. The van der Waals surface area contributed by atoms with Crippen LogP contribution in [-0.4, -0.2) is 16.3 Å². The number of carbonyl (C=O) groups is 1. The number of rotatable bonds is 1. The topological polar surface area (TPSA) is 31.2 Å². The highest BCUT2D eigenvalue weighted by atomic mass is 79.9. The lowest BCUT2D eigenvalue weighted by Gasteiger charge is -2.22. The molecule has 0 spiro atoms. The van der Waals surface area contributed by atoms with Gasteiger partial charge in [0.15, 0.2) is 0 Å². The van der Waals surface area contributed by atoms with Gasteiger partial charge >= 0.3 is 6.09 Å². The molecule has 0 atom stereocenters. The van der Waals surface area contributed by atoms with Gasteiger partial charge in [-0.15, -0.1) is 0 Å². The second-order valence-corrected chi connectivity index (χ2v) is 7.94. The second-order valence-electron chi connectivity index (χ2n) is 7.02. The van der Waals surface area contributed by atoms with Gasteiger partial charge in [0.1, 0.15) is 5.60 Å². The zero-order valence-corrected chi connectivity index (χ0v) is 15.4. The van der Waals surface area contributed by atoms with Crippen LogP contribution in [0.3, 0.4) is 0 Å². The Hall–Kier alpha value is -1.55. The molecule has 122 valence electrons. The quantitative estimate of drug-likeness (QED) is 0.598. The predicted octanol–water partition coefficient (Wildman–Crippen LogP) is 6.14. The minimum Gasteiger partial charge on any atom is -0.443 e. The average Bonchev–Trinajstić information content (AvgIpc) is 2.85. The van der Waals surface area contributed by atoms with Crippen LogP contribution in [0.15, 0.2) is 34.8 Å². The van der Waals surface area contributed by atoms with Crippen LogP contribution in [0.25, 0.3) is 16.5 Å². The van der Waals surface area contributed by atoms with E-state index in [-0.39, 0.29) is 6.09 Å². The van der Waals surface area contributed by atoms with Gasteiger partial charge in [0, 0.05) is 9.86 Å². The van der Waals surface area contributed by atoms with E-state index in [1.807, 2.05) is 39.0 Å². The molecule has 2 aromatic rings. The molecule has 0 saturated carbocycles. The van der Waals surface area contributed by atoms with Gasteiger partial charge in [0.05, 0.1) is 11.2 Å². The fraction of sp³-hybridized carbons (Fsp3) is 0.421. The first-order valence-electron chi connectivity index (χ1n) is 8.09. The van der Waals surface area contributed by atoms with Crippen LogP contribution in [0.5, 0.6) is 0 Å². The molecule has 0 aliphatic heterocycles. The number of ether oxygens (including phenoxy) is 1. The van der Waals surface area contributed by atoms with Gasteiger partial charge in [-0.1, -0.05) is 22.0 Å². The SMILES string of the molecule is CC(C)(C)OC(=O)n1c(C2=CCCCC2)cc2cc(Br)ccc21. The highest BCUT2D eigenvalue weighted by molar-refractivity contribution is 9.10. The van der Waals surface area contributed by atoms with Gasteiger partial charge in [-0.25, -0.2) is 9.36 Å². The van der Waals surface area contributed by atoms with E-state index in [4.69, 9.17) is 4.74 Å². The normalized spacial score (nSPS) is 15.6. The average molecular weight is 376 g/mol. The van der Waals surface area contributed by atoms with Crippen molar-refractivity contribution in [2.24, 2.45) is 0 Å². The first-order valence-corrected chi connectivity index (χ1v) is 8.88. The monoisotopic (exact) mass is 375 g/mol. The molecule has 23 heavy (non-hydrogen) atoms. The summed E-state index contributed by atoms with van der Waals surface area (Å²) in [5.74, 6) is 0. The van der Waals surface area contributed by atoms with Crippen molar-refractivity contribution in [1.82, 2.24) is 4.57 Å². The Labute approximate surface area is 145 Å². The summed E-state index contributed by atoms with van der Waals surface area (Å²) in [6.45, 7) is 5.69. The van der Waals surface area contributed by atoms with Crippen molar-refractivity contribution in [1.29, 1.82) is 0 Å². The molecule has 0 fully saturated rings. The first kappa shape index (κ1) is 16.3. The molecule has 0 amide bonds. The Morgan fingerprint density at radius 3 is 2.65 bits per heavy atom. The maximum absolute atomic E-state index is 12.8. The van der Waals surface area contributed by atoms with Crippen molar-refractivity contribution >= 4 is 38.5 Å². The molecule has 4 heteroatoms. The number of hydrogen-bond acceptors (Lipinski definition) is 2. The number of carbonyl (C=O) groups excluding carboxylic acids is 1. The molecule has 1 aromatic heterocycles. The molecule has 0 radical (unpaired) electrons. The molecular formula is C19H22BrNO2. The summed E-state index contributed by atoms with van der Waals surface area (Å²) in [6, 6.07) is 8.07. The van der Waals surface area contributed by atoms with E-state index in [2.05, 4.69) is 28.1 Å². The van der Waals surface area contributed by atoms with Crippen LogP contribution in [0.4, 0.5) is 4.79 Å². The van der Waals surface area contributed by atoms with Crippen molar-refractivity contribution in [3.63, 3.8) is 0 Å². The smallest absolute Gasteiger partial charge is 0.419 e. The lowest BCUT2D eigenvalue weighted by Crippen LogP contribution is -2.28. The van der Waals surface area contributed by atoms with Gasteiger partial charge in [-0.2, -0.15) is 0 Å². The minimum atomic E-state index is -0.513. The van der Waals surface area contributed by atoms with Crippen LogP contribution in [-0.2, 0) is 4.74 Å². The first-order chi connectivity index (χ1) is 10.8. The van der Waals surface area contributed by atoms with Crippen LogP contribution in [0.1, 0.15) is 52.1 Å². The summed E-state index contributed by atoms with van der Waals surface area (Å²) in [5.41, 5.74) is 2.59. The van der Waals surface area contributed by atoms with Crippen molar-refractivity contribution in [2.45, 2.75) is 52.1 Å². The van der Waals surface area contributed by atoms with Crippen LogP contribution < -0.4 is 0 Å². The maximum atomic E-state index is 12.8. The molecule has 1 aliphatic carbocycles. The number of benzene rings is 1. The molecule has 3 rings (SSSR count). The van der Waals surface area contributed by atoms with Gasteiger partial charge in [0.25, 0.3) is 0 Å². The van der Waals surface area contributed by atoms with E-state index in [1.165, 1.54) is 18.4 Å². The molecule has 0 bridgehead atoms. The number of hydrogen-bond donors (Lipinski definition) is 0. The van der Waals surface area contributed by atoms with E-state index in [1.54, 1.807) is 4.57 Å². The minimum absolute atomic E-state index is 0.309. The number of fused-ring (bicyclic) bond motifs is 1. The molecule has 1 aromatic carbocycles. The molecule has 0 N–H and O–H groups in total. The Kier molecular flexibility index (Phi) is 4.37. The Balaban J connectivity index is 2.15. The van der Waals surface area contributed by atoms with E-state index in [9.17, 15) is 4.79 Å². The number of nitrogens with zero attached hydrogens (tertiary/aromatic N) is 1. The lowest BCUT2D eigenvalue weighted by molar-refractivity contribution is 0.0543. The van der Waals surface area contributed by atoms with Crippen molar-refractivity contribution < 1.29 is 9.53 Å². The third kappa shape index (κ3) is 3.52. The summed E-state index contributed by atoms with van der Waals surface area (Å²) in [4.78, 5) is 12.8. The third-order valence-corrected chi connectivity index (χ3v) is 4.45. The van der Waals surface area contributed by atoms with Gasteiger partial charge in [-0.3, -0.25) is 0 Å². The zero-order valence-electron chi connectivity index (χ0n) is 13.9. The summed E-state index contributed by atoms with van der Waals surface area (Å²) in [7, 11) is 0. The fourth-order valence-corrected chi connectivity index (χ4v) is 3.38.